The van der Waals surface area contributed by atoms with Crippen molar-refractivity contribution in [1.82, 2.24) is 15.0 Å². The van der Waals surface area contributed by atoms with Gasteiger partial charge in [-0.1, -0.05) is 6.07 Å². The number of carbonyl (C=O) groups is 1. The molecular weight excluding hydrogens is 230 g/mol. The summed E-state index contributed by atoms with van der Waals surface area (Å²) in [6.07, 6.45) is 3.00. The second kappa shape index (κ2) is 3.66. The van der Waals surface area contributed by atoms with Crippen LogP contribution in [-0.4, -0.2) is 26.0 Å². The molecule has 3 rings (SSSR count). The third-order valence-electron chi connectivity index (χ3n) is 3.40. The Balaban J connectivity index is 2.05. The van der Waals surface area contributed by atoms with E-state index in [0.717, 1.165) is 17.1 Å². The van der Waals surface area contributed by atoms with E-state index in [2.05, 4.69) is 15.0 Å². The zero-order valence-electron chi connectivity index (χ0n) is 9.97. The van der Waals surface area contributed by atoms with Gasteiger partial charge in [0.1, 0.15) is 16.9 Å². The summed E-state index contributed by atoms with van der Waals surface area (Å²) in [6, 6.07) is 5.60. The highest BCUT2D eigenvalue weighted by atomic mass is 16.4. The van der Waals surface area contributed by atoms with E-state index < -0.39 is 11.4 Å². The van der Waals surface area contributed by atoms with Gasteiger partial charge in [0.25, 0.3) is 0 Å². The van der Waals surface area contributed by atoms with Crippen LogP contribution in [0.15, 0.2) is 24.4 Å². The molecule has 0 spiro atoms. The number of H-pyrrole nitrogens is 1. The van der Waals surface area contributed by atoms with Crippen LogP contribution in [0, 0.1) is 6.92 Å². The molecule has 5 heteroatoms. The number of aliphatic carboxylic acids is 1. The van der Waals surface area contributed by atoms with Crippen LogP contribution in [0.2, 0.25) is 0 Å². The number of hydrogen-bond donors (Lipinski definition) is 2. The average Bonchev–Trinajstić information content (AvgIpc) is 3.09. The predicted molar refractivity (Wildman–Crippen MR) is 65.1 cm³/mol. The highest BCUT2D eigenvalue weighted by Gasteiger charge is 2.54. The van der Waals surface area contributed by atoms with Crippen molar-refractivity contribution in [1.29, 1.82) is 0 Å². The Kier molecular flexibility index (Phi) is 2.23. The maximum absolute atomic E-state index is 11.3. The molecule has 0 aliphatic heterocycles. The number of hydrogen-bond acceptors (Lipinski definition) is 3. The van der Waals surface area contributed by atoms with Crippen molar-refractivity contribution in [3.05, 3.63) is 35.9 Å². The van der Waals surface area contributed by atoms with Gasteiger partial charge in [0.15, 0.2) is 0 Å². The number of aryl methyl sites for hydroxylation is 1. The molecule has 5 nitrogen and oxygen atoms in total. The highest BCUT2D eigenvalue weighted by Crippen LogP contribution is 2.47. The molecule has 92 valence electrons. The van der Waals surface area contributed by atoms with E-state index in [-0.39, 0.29) is 0 Å². The molecule has 2 aromatic heterocycles. The fraction of sp³-hybridized carbons (Fsp3) is 0.308. The largest absolute Gasteiger partial charge is 0.480 e. The Bertz CT molecular complexity index is 600. The normalized spacial score (nSPS) is 16.5. The number of rotatable bonds is 3. The summed E-state index contributed by atoms with van der Waals surface area (Å²) in [6.45, 7) is 1.89. The van der Waals surface area contributed by atoms with Crippen molar-refractivity contribution in [2.75, 3.05) is 0 Å². The SMILES string of the molecule is Cc1[nH]c(C2(C(=O)O)CC2)nc1-c1ccccn1. The van der Waals surface area contributed by atoms with Crippen molar-refractivity contribution >= 4 is 5.97 Å². The Morgan fingerprint density at radius 2 is 2.22 bits per heavy atom. The van der Waals surface area contributed by atoms with E-state index in [1.807, 2.05) is 25.1 Å². The number of nitrogens with zero attached hydrogens (tertiary/aromatic N) is 2. The topological polar surface area (TPSA) is 78.9 Å². The molecule has 2 N–H and O–H groups in total. The van der Waals surface area contributed by atoms with E-state index in [0.29, 0.717) is 18.7 Å². The third kappa shape index (κ3) is 1.51. The minimum absolute atomic E-state index is 0.549. The number of aromatic amines is 1. The third-order valence-corrected chi connectivity index (χ3v) is 3.40. The lowest BCUT2D eigenvalue weighted by molar-refractivity contribution is -0.140. The van der Waals surface area contributed by atoms with Gasteiger partial charge in [-0.2, -0.15) is 0 Å². The molecule has 0 atom stereocenters. The molecule has 1 aliphatic rings. The molecule has 0 radical (unpaired) electrons. The molecule has 0 saturated heterocycles. The van der Waals surface area contributed by atoms with Gasteiger partial charge in [-0.25, -0.2) is 4.98 Å². The molecule has 0 amide bonds. The Hall–Kier alpha value is -2.17. The number of carboxylic acid groups (broad SMARTS) is 1. The van der Waals surface area contributed by atoms with E-state index in [1.165, 1.54) is 0 Å². The molecular formula is C13H13N3O2. The van der Waals surface area contributed by atoms with Crippen LogP contribution < -0.4 is 0 Å². The van der Waals surface area contributed by atoms with E-state index in [9.17, 15) is 9.90 Å². The van der Waals surface area contributed by atoms with Gasteiger partial charge in [0.2, 0.25) is 0 Å². The molecule has 0 bridgehead atoms. The van der Waals surface area contributed by atoms with Crippen molar-refractivity contribution in [3.8, 4) is 11.4 Å². The van der Waals surface area contributed by atoms with Crippen LogP contribution >= 0.6 is 0 Å². The monoisotopic (exact) mass is 243 g/mol. The number of carboxylic acids is 1. The molecule has 18 heavy (non-hydrogen) atoms. The van der Waals surface area contributed by atoms with E-state index >= 15 is 0 Å². The molecule has 2 aromatic rings. The van der Waals surface area contributed by atoms with Crippen LogP contribution in [-0.2, 0) is 10.2 Å². The molecule has 1 saturated carbocycles. The van der Waals surface area contributed by atoms with Crippen LogP contribution in [0.5, 0.6) is 0 Å². The zero-order valence-corrected chi connectivity index (χ0v) is 9.97. The summed E-state index contributed by atoms with van der Waals surface area (Å²) >= 11 is 0. The molecule has 2 heterocycles. The zero-order chi connectivity index (χ0) is 12.8. The quantitative estimate of drug-likeness (QED) is 0.862. The van der Waals surface area contributed by atoms with Crippen LogP contribution in [0.25, 0.3) is 11.4 Å². The second-order valence-corrected chi connectivity index (χ2v) is 4.66. The standard InChI is InChI=1S/C13H13N3O2/c1-8-10(9-4-2-3-7-14-9)16-11(15-8)13(5-6-13)12(17)18/h2-4,7H,5-6H2,1H3,(H,15,16)(H,17,18). The Morgan fingerprint density at radius 3 is 2.78 bits per heavy atom. The highest BCUT2D eigenvalue weighted by molar-refractivity contribution is 5.84. The maximum atomic E-state index is 11.3. The van der Waals surface area contributed by atoms with Gasteiger partial charge in [-0.05, 0) is 31.9 Å². The lowest BCUT2D eigenvalue weighted by Crippen LogP contribution is -2.21. The summed E-state index contributed by atoms with van der Waals surface area (Å²) < 4.78 is 0. The van der Waals surface area contributed by atoms with E-state index in [4.69, 9.17) is 0 Å². The summed E-state index contributed by atoms with van der Waals surface area (Å²) in [5.74, 6) is -0.253. The fourth-order valence-corrected chi connectivity index (χ4v) is 2.12. The smallest absolute Gasteiger partial charge is 0.317 e. The fourth-order valence-electron chi connectivity index (χ4n) is 2.12. The average molecular weight is 243 g/mol. The maximum Gasteiger partial charge on any atom is 0.317 e. The Morgan fingerprint density at radius 1 is 1.44 bits per heavy atom. The number of aromatic nitrogens is 3. The molecule has 1 fully saturated rings. The Labute approximate surface area is 104 Å². The van der Waals surface area contributed by atoms with Gasteiger partial charge in [-0.15, -0.1) is 0 Å². The molecule has 0 unspecified atom stereocenters. The van der Waals surface area contributed by atoms with Crippen LogP contribution in [0.4, 0.5) is 0 Å². The minimum atomic E-state index is -0.802. The summed E-state index contributed by atoms with van der Waals surface area (Å²) in [5.41, 5.74) is 1.56. The first-order valence-corrected chi connectivity index (χ1v) is 5.85. The lowest BCUT2D eigenvalue weighted by Gasteiger charge is -2.04. The van der Waals surface area contributed by atoms with Gasteiger partial charge >= 0.3 is 5.97 Å². The van der Waals surface area contributed by atoms with Crippen molar-refractivity contribution in [3.63, 3.8) is 0 Å². The van der Waals surface area contributed by atoms with Crippen LogP contribution in [0.1, 0.15) is 24.4 Å². The van der Waals surface area contributed by atoms with Crippen molar-refractivity contribution < 1.29 is 9.90 Å². The molecule has 0 aromatic carbocycles. The first-order chi connectivity index (χ1) is 8.63. The first-order valence-electron chi connectivity index (χ1n) is 5.85. The summed E-state index contributed by atoms with van der Waals surface area (Å²) in [7, 11) is 0. The van der Waals surface area contributed by atoms with Crippen molar-refractivity contribution in [2.24, 2.45) is 0 Å². The minimum Gasteiger partial charge on any atom is -0.480 e. The van der Waals surface area contributed by atoms with Gasteiger partial charge in [0.05, 0.1) is 5.69 Å². The predicted octanol–water partition coefficient (Wildman–Crippen LogP) is 1.90. The number of nitrogens with one attached hydrogen (secondary N) is 1. The lowest BCUT2D eigenvalue weighted by atomic mass is 10.1. The van der Waals surface area contributed by atoms with Gasteiger partial charge in [0, 0.05) is 11.9 Å². The summed E-state index contributed by atoms with van der Waals surface area (Å²) in [5, 5.41) is 9.25. The second-order valence-electron chi connectivity index (χ2n) is 4.66. The summed E-state index contributed by atoms with van der Waals surface area (Å²) in [4.78, 5) is 23.0. The number of imidazole rings is 1. The van der Waals surface area contributed by atoms with E-state index in [1.54, 1.807) is 6.20 Å². The number of pyridine rings is 1. The first kappa shape index (κ1) is 11.0. The van der Waals surface area contributed by atoms with Crippen molar-refractivity contribution in [2.45, 2.75) is 25.2 Å². The van der Waals surface area contributed by atoms with Gasteiger partial charge < -0.3 is 10.1 Å². The van der Waals surface area contributed by atoms with Crippen LogP contribution in [0.3, 0.4) is 0 Å². The van der Waals surface area contributed by atoms with Gasteiger partial charge in [-0.3, -0.25) is 9.78 Å². The molecule has 1 aliphatic carbocycles.